The minimum absolute atomic E-state index is 0.0348. The van der Waals surface area contributed by atoms with Gasteiger partial charge in [0.15, 0.2) is 5.96 Å². The van der Waals surface area contributed by atoms with Crippen LogP contribution >= 0.6 is 0 Å². The molecule has 166 valence electrons. The van der Waals surface area contributed by atoms with Crippen molar-refractivity contribution in [1.82, 2.24) is 21.1 Å². The van der Waals surface area contributed by atoms with E-state index in [1.54, 1.807) is 0 Å². The number of amides is 2. The molecule has 0 radical (unpaired) electrons. The van der Waals surface area contributed by atoms with E-state index in [2.05, 4.69) is 23.0 Å². The van der Waals surface area contributed by atoms with E-state index in [9.17, 15) is 9.59 Å². The van der Waals surface area contributed by atoms with Crippen LogP contribution < -0.4 is 27.5 Å². The fourth-order valence-corrected chi connectivity index (χ4v) is 4.10. The van der Waals surface area contributed by atoms with Gasteiger partial charge in [0, 0.05) is 25.6 Å². The predicted octanol–water partition coefficient (Wildman–Crippen LogP) is 0.263. The molecule has 0 unspecified atom stereocenters. The van der Waals surface area contributed by atoms with E-state index in [4.69, 9.17) is 16.9 Å². The zero-order chi connectivity index (χ0) is 21.2. The highest BCUT2D eigenvalue weighted by molar-refractivity contribution is 5.88. The highest BCUT2D eigenvalue weighted by Gasteiger charge is 2.30. The maximum atomic E-state index is 12.9. The Morgan fingerprint density at radius 2 is 1.79 bits per heavy atom. The Labute approximate surface area is 174 Å². The third-order valence-electron chi connectivity index (χ3n) is 6.22. The molecule has 2 fully saturated rings. The lowest BCUT2D eigenvalue weighted by Crippen LogP contribution is -2.55. The van der Waals surface area contributed by atoms with Gasteiger partial charge < -0.3 is 22.1 Å². The fourth-order valence-electron chi connectivity index (χ4n) is 4.10. The summed E-state index contributed by atoms with van der Waals surface area (Å²) in [5.74, 6) is 0.865. The van der Waals surface area contributed by atoms with Crippen LogP contribution in [0.2, 0.25) is 0 Å². The summed E-state index contributed by atoms with van der Waals surface area (Å²) in [7, 11) is 0. The van der Waals surface area contributed by atoms with Gasteiger partial charge in [-0.1, -0.05) is 6.92 Å². The number of carbonyl (C=O) groups excluding carboxylic acids is 2. The van der Waals surface area contributed by atoms with Crippen LogP contribution in [0.25, 0.3) is 0 Å². The molecule has 1 heterocycles. The summed E-state index contributed by atoms with van der Waals surface area (Å²) < 4.78 is 0. The zero-order valence-electron chi connectivity index (χ0n) is 17.7. The van der Waals surface area contributed by atoms with Gasteiger partial charge >= 0.3 is 0 Å². The predicted molar refractivity (Wildman–Crippen MR) is 114 cm³/mol. The van der Waals surface area contributed by atoms with Gasteiger partial charge in [-0.2, -0.15) is 0 Å². The number of piperidine rings is 1. The van der Waals surface area contributed by atoms with E-state index in [0.717, 1.165) is 51.6 Å². The summed E-state index contributed by atoms with van der Waals surface area (Å²) in [5, 5.41) is 14.9. The Kier molecular flexibility index (Phi) is 9.66. The normalized spacial score (nSPS) is 24.5. The second kappa shape index (κ2) is 12.0. The largest absolute Gasteiger partial charge is 0.370 e. The minimum atomic E-state index is -0.581. The number of hydrazine groups is 1. The number of hydrogen-bond acceptors (Lipinski definition) is 5. The molecular formula is C20H39N7O2. The number of guanidine groups is 1. The number of nitrogens with one attached hydrogen (secondary N) is 4. The van der Waals surface area contributed by atoms with Gasteiger partial charge in [-0.3, -0.25) is 20.4 Å². The zero-order valence-corrected chi connectivity index (χ0v) is 17.7. The second-order valence-corrected chi connectivity index (χ2v) is 8.64. The molecule has 0 aromatic carbocycles. The standard InChI is InChI=1S/C20H39N7O2/c1-14-8-11-27(12-9-14)26-19(29)17(3-2-10-24-20(22)23)25-18(28)16-6-4-15(13-21)5-7-16/h14-17H,2-13,21H2,1H3,(H,25,28)(H,26,29)(H4,22,23,24)/t15?,16?,17-/m0/s1. The molecule has 2 rings (SSSR count). The fraction of sp³-hybridized carbons (Fsp3) is 0.850. The van der Waals surface area contributed by atoms with Crippen molar-refractivity contribution in [3.8, 4) is 0 Å². The Morgan fingerprint density at radius 1 is 1.14 bits per heavy atom. The molecule has 1 saturated heterocycles. The molecule has 0 spiro atoms. The van der Waals surface area contributed by atoms with E-state index >= 15 is 0 Å². The molecule has 29 heavy (non-hydrogen) atoms. The third-order valence-corrected chi connectivity index (χ3v) is 6.22. The summed E-state index contributed by atoms with van der Waals surface area (Å²) in [6, 6.07) is -0.581. The molecule has 0 bridgehead atoms. The van der Waals surface area contributed by atoms with Gasteiger partial charge in [0.1, 0.15) is 6.04 Å². The molecule has 1 aliphatic heterocycles. The van der Waals surface area contributed by atoms with Gasteiger partial charge in [0.25, 0.3) is 5.91 Å². The maximum Gasteiger partial charge on any atom is 0.256 e. The van der Waals surface area contributed by atoms with Crippen molar-refractivity contribution in [3.05, 3.63) is 0 Å². The molecule has 1 aliphatic carbocycles. The molecule has 1 saturated carbocycles. The summed E-state index contributed by atoms with van der Waals surface area (Å²) in [5.41, 5.74) is 14.0. The van der Waals surface area contributed by atoms with Crippen LogP contribution in [0.1, 0.15) is 58.3 Å². The average Bonchev–Trinajstić information content (AvgIpc) is 2.71. The van der Waals surface area contributed by atoms with Crippen molar-refractivity contribution in [1.29, 1.82) is 5.41 Å². The highest BCUT2D eigenvalue weighted by Crippen LogP contribution is 2.28. The lowest BCUT2D eigenvalue weighted by Gasteiger charge is -2.32. The van der Waals surface area contributed by atoms with Crippen LogP contribution in [-0.4, -0.2) is 55.0 Å². The summed E-state index contributed by atoms with van der Waals surface area (Å²) in [6.45, 7) is 5.07. The van der Waals surface area contributed by atoms with Crippen LogP contribution in [0, 0.1) is 23.2 Å². The van der Waals surface area contributed by atoms with E-state index in [0.29, 0.717) is 37.8 Å². The Balaban J connectivity index is 1.88. The van der Waals surface area contributed by atoms with Crippen molar-refractivity contribution in [3.63, 3.8) is 0 Å². The van der Waals surface area contributed by atoms with Crippen molar-refractivity contribution in [2.24, 2.45) is 29.2 Å². The van der Waals surface area contributed by atoms with Crippen LogP contribution in [0.4, 0.5) is 0 Å². The number of rotatable bonds is 9. The first kappa shape index (κ1) is 23.4. The molecule has 9 nitrogen and oxygen atoms in total. The first-order valence-electron chi connectivity index (χ1n) is 11.0. The van der Waals surface area contributed by atoms with E-state index in [1.165, 1.54) is 0 Å². The van der Waals surface area contributed by atoms with Crippen molar-refractivity contribution in [2.75, 3.05) is 26.2 Å². The van der Waals surface area contributed by atoms with Crippen molar-refractivity contribution in [2.45, 2.75) is 64.3 Å². The Bertz CT molecular complexity index is 541. The quantitative estimate of drug-likeness (QED) is 0.183. The molecule has 0 aromatic heterocycles. The first-order valence-corrected chi connectivity index (χ1v) is 11.0. The molecule has 9 heteroatoms. The number of nitrogens with zero attached hydrogens (tertiary/aromatic N) is 1. The van der Waals surface area contributed by atoms with E-state index in [1.807, 2.05) is 5.01 Å². The molecular weight excluding hydrogens is 370 g/mol. The highest BCUT2D eigenvalue weighted by atomic mass is 16.2. The number of carbonyl (C=O) groups is 2. The van der Waals surface area contributed by atoms with E-state index < -0.39 is 6.04 Å². The second-order valence-electron chi connectivity index (χ2n) is 8.64. The van der Waals surface area contributed by atoms with Crippen molar-refractivity contribution < 1.29 is 9.59 Å². The lowest BCUT2D eigenvalue weighted by atomic mass is 9.81. The monoisotopic (exact) mass is 409 g/mol. The Hall–Kier alpha value is -1.87. The Morgan fingerprint density at radius 3 is 2.38 bits per heavy atom. The van der Waals surface area contributed by atoms with Gasteiger partial charge in [0.2, 0.25) is 5.91 Å². The van der Waals surface area contributed by atoms with Gasteiger partial charge in [-0.25, -0.2) is 5.01 Å². The number of nitrogens with two attached hydrogens (primary N) is 2. The molecule has 2 aliphatic rings. The van der Waals surface area contributed by atoms with Gasteiger partial charge in [-0.05, 0) is 69.7 Å². The van der Waals surface area contributed by atoms with Crippen LogP contribution in [0.5, 0.6) is 0 Å². The molecule has 1 atom stereocenters. The smallest absolute Gasteiger partial charge is 0.256 e. The lowest BCUT2D eigenvalue weighted by molar-refractivity contribution is -0.134. The van der Waals surface area contributed by atoms with Crippen LogP contribution in [0.3, 0.4) is 0 Å². The third kappa shape index (κ3) is 8.18. The topological polar surface area (TPSA) is 149 Å². The maximum absolute atomic E-state index is 12.9. The molecule has 8 N–H and O–H groups in total. The van der Waals surface area contributed by atoms with E-state index in [-0.39, 0.29) is 23.7 Å². The van der Waals surface area contributed by atoms with Crippen LogP contribution in [0.15, 0.2) is 0 Å². The SMILES string of the molecule is CC1CCN(NC(=O)[C@H](CCCNC(=N)N)NC(=O)C2CCC(CN)CC2)CC1. The summed E-state index contributed by atoms with van der Waals surface area (Å²) in [4.78, 5) is 25.6. The molecule has 2 amide bonds. The first-order chi connectivity index (χ1) is 13.9. The van der Waals surface area contributed by atoms with Crippen LogP contribution in [-0.2, 0) is 9.59 Å². The minimum Gasteiger partial charge on any atom is -0.370 e. The van der Waals surface area contributed by atoms with Gasteiger partial charge in [-0.15, -0.1) is 0 Å². The molecule has 0 aromatic rings. The average molecular weight is 410 g/mol. The van der Waals surface area contributed by atoms with Crippen molar-refractivity contribution >= 4 is 17.8 Å². The van der Waals surface area contributed by atoms with Gasteiger partial charge in [0.05, 0.1) is 0 Å². The summed E-state index contributed by atoms with van der Waals surface area (Å²) >= 11 is 0. The number of hydrogen-bond donors (Lipinski definition) is 6. The summed E-state index contributed by atoms with van der Waals surface area (Å²) in [6.07, 6.45) is 6.86.